The Labute approximate surface area is 237 Å². The fraction of sp³-hybridized carbons (Fsp3) is 0.387. The van der Waals surface area contributed by atoms with E-state index in [0.717, 1.165) is 12.8 Å². The minimum Gasteiger partial charge on any atom is -0.443 e. The number of rotatable bonds is 6. The Hall–Kier alpha value is -4.08. The maximum atomic E-state index is 13.4. The minimum atomic E-state index is -4.81. The normalized spacial score (nSPS) is 14.5. The molecule has 1 aliphatic rings. The highest BCUT2D eigenvalue weighted by Gasteiger charge is 2.31. The molecule has 0 aliphatic carbocycles. The van der Waals surface area contributed by atoms with Gasteiger partial charge in [0.15, 0.2) is 0 Å². The summed E-state index contributed by atoms with van der Waals surface area (Å²) in [6, 6.07) is 15.2. The molecule has 10 heteroatoms. The molecule has 1 saturated heterocycles. The number of likely N-dealkylation sites (tertiary alicyclic amines) is 1. The van der Waals surface area contributed by atoms with Gasteiger partial charge in [-0.2, -0.15) is 0 Å². The van der Waals surface area contributed by atoms with Crippen LogP contribution in [-0.2, 0) is 11.3 Å². The van der Waals surface area contributed by atoms with Gasteiger partial charge in [0.2, 0.25) is 0 Å². The quantitative estimate of drug-likeness (QED) is 0.313. The van der Waals surface area contributed by atoms with Gasteiger partial charge in [-0.25, -0.2) is 4.79 Å². The van der Waals surface area contributed by atoms with E-state index in [-0.39, 0.29) is 18.2 Å². The van der Waals surface area contributed by atoms with Gasteiger partial charge in [0.25, 0.3) is 5.91 Å². The lowest BCUT2D eigenvalue weighted by Gasteiger charge is -2.32. The van der Waals surface area contributed by atoms with E-state index >= 15 is 0 Å². The fourth-order valence-corrected chi connectivity index (χ4v) is 4.77. The number of amides is 2. The number of carbonyl (C=O) groups excluding carboxylic acids is 2. The molecular weight excluding hydrogens is 535 g/mol. The van der Waals surface area contributed by atoms with E-state index in [0.29, 0.717) is 35.8 Å². The van der Waals surface area contributed by atoms with Crippen molar-refractivity contribution in [2.45, 2.75) is 65.0 Å². The molecule has 0 N–H and O–H groups in total. The third kappa shape index (κ3) is 8.45. The summed E-state index contributed by atoms with van der Waals surface area (Å²) in [4.78, 5) is 34.0. The molecule has 2 aromatic carbocycles. The summed E-state index contributed by atoms with van der Waals surface area (Å²) in [5, 5.41) is 0. The molecule has 0 bridgehead atoms. The SMILES string of the molecule is Cc1cccc(C2CCN(C(=O)c3cncc(N(Cc4ccc(OC(F)(F)F)cc4)C(=O)OC(C)(C)C)c3)CC2)c1. The molecule has 1 aromatic heterocycles. The average Bonchev–Trinajstić information content (AvgIpc) is 2.90. The van der Waals surface area contributed by atoms with Crippen LogP contribution in [0.4, 0.5) is 23.7 Å². The lowest BCUT2D eigenvalue weighted by Crippen LogP contribution is -2.38. The zero-order valence-corrected chi connectivity index (χ0v) is 23.6. The Balaban J connectivity index is 1.51. The zero-order chi connectivity index (χ0) is 29.8. The number of aryl methyl sites for hydroxylation is 1. The van der Waals surface area contributed by atoms with Gasteiger partial charge in [0, 0.05) is 19.3 Å². The molecule has 0 saturated carbocycles. The lowest BCUT2D eigenvalue weighted by molar-refractivity contribution is -0.274. The number of hydrogen-bond donors (Lipinski definition) is 0. The monoisotopic (exact) mass is 569 g/mol. The Morgan fingerprint density at radius 1 is 1.00 bits per heavy atom. The fourth-order valence-electron chi connectivity index (χ4n) is 4.77. The second-order valence-electron chi connectivity index (χ2n) is 11.2. The highest BCUT2D eigenvalue weighted by molar-refractivity contribution is 5.96. The maximum absolute atomic E-state index is 13.4. The first-order chi connectivity index (χ1) is 19.3. The van der Waals surface area contributed by atoms with E-state index in [4.69, 9.17) is 4.74 Å². The number of aromatic nitrogens is 1. The first-order valence-electron chi connectivity index (χ1n) is 13.4. The Kier molecular flexibility index (Phi) is 8.89. The van der Waals surface area contributed by atoms with Crippen LogP contribution in [0.2, 0.25) is 0 Å². The third-order valence-corrected chi connectivity index (χ3v) is 6.69. The highest BCUT2D eigenvalue weighted by Crippen LogP contribution is 2.30. The number of pyridine rings is 1. The lowest BCUT2D eigenvalue weighted by atomic mass is 9.88. The third-order valence-electron chi connectivity index (χ3n) is 6.69. The van der Waals surface area contributed by atoms with Crippen LogP contribution in [-0.4, -0.2) is 46.9 Å². The van der Waals surface area contributed by atoms with Crippen molar-refractivity contribution < 1.29 is 32.2 Å². The second kappa shape index (κ2) is 12.2. The number of carbonyl (C=O) groups is 2. The summed E-state index contributed by atoms with van der Waals surface area (Å²) in [6.07, 6.45) is -0.876. The van der Waals surface area contributed by atoms with E-state index in [9.17, 15) is 22.8 Å². The molecule has 4 rings (SSSR count). The molecule has 1 fully saturated rings. The minimum absolute atomic E-state index is 0.0254. The Morgan fingerprint density at radius 2 is 1.68 bits per heavy atom. The number of nitrogens with zero attached hydrogens (tertiary/aromatic N) is 3. The summed E-state index contributed by atoms with van der Waals surface area (Å²) >= 11 is 0. The van der Waals surface area contributed by atoms with Gasteiger partial charge in [-0.1, -0.05) is 42.0 Å². The van der Waals surface area contributed by atoms with E-state index in [1.54, 1.807) is 31.7 Å². The summed E-state index contributed by atoms with van der Waals surface area (Å²) in [7, 11) is 0. The van der Waals surface area contributed by atoms with Crippen LogP contribution < -0.4 is 9.64 Å². The predicted octanol–water partition coefficient (Wildman–Crippen LogP) is 7.25. The highest BCUT2D eigenvalue weighted by atomic mass is 19.4. The van der Waals surface area contributed by atoms with E-state index in [2.05, 4.69) is 40.9 Å². The maximum Gasteiger partial charge on any atom is 0.573 e. The van der Waals surface area contributed by atoms with Crippen LogP contribution in [0.25, 0.3) is 0 Å². The molecule has 0 unspecified atom stereocenters. The van der Waals surface area contributed by atoms with Crippen molar-refractivity contribution in [2.75, 3.05) is 18.0 Å². The number of piperidine rings is 1. The van der Waals surface area contributed by atoms with Gasteiger partial charge >= 0.3 is 12.5 Å². The molecule has 1 aliphatic heterocycles. The number of alkyl halides is 3. The standard InChI is InChI=1S/C31H34F3N3O4/c1-21-6-5-7-24(16-21)23-12-14-36(15-13-23)28(38)25-17-26(19-35-18-25)37(29(39)41-30(2,3)4)20-22-8-10-27(11-9-22)40-31(32,33)34/h5-11,16-19,23H,12-15,20H2,1-4H3. The molecule has 2 amide bonds. The van der Waals surface area contributed by atoms with Gasteiger partial charge in [-0.15, -0.1) is 13.2 Å². The van der Waals surface area contributed by atoms with Crippen molar-refractivity contribution >= 4 is 17.7 Å². The topological polar surface area (TPSA) is 72.0 Å². The van der Waals surface area contributed by atoms with Gasteiger partial charge in [-0.3, -0.25) is 14.7 Å². The molecule has 2 heterocycles. The zero-order valence-electron chi connectivity index (χ0n) is 23.6. The summed E-state index contributed by atoms with van der Waals surface area (Å²) < 4.78 is 47.2. The Bertz CT molecular complexity index is 1360. The molecular formula is C31H34F3N3O4. The van der Waals surface area contributed by atoms with Gasteiger partial charge < -0.3 is 14.4 Å². The number of halogens is 3. The smallest absolute Gasteiger partial charge is 0.443 e. The predicted molar refractivity (Wildman–Crippen MR) is 149 cm³/mol. The summed E-state index contributed by atoms with van der Waals surface area (Å²) in [5.74, 6) is -0.163. The average molecular weight is 570 g/mol. The van der Waals surface area contributed by atoms with E-state index < -0.39 is 18.1 Å². The molecule has 0 atom stereocenters. The number of anilines is 1. The molecule has 3 aromatic rings. The molecule has 218 valence electrons. The Morgan fingerprint density at radius 3 is 2.29 bits per heavy atom. The van der Waals surface area contributed by atoms with Crippen molar-refractivity contribution in [3.8, 4) is 5.75 Å². The molecule has 41 heavy (non-hydrogen) atoms. The van der Waals surface area contributed by atoms with Crippen molar-refractivity contribution in [1.82, 2.24) is 9.88 Å². The van der Waals surface area contributed by atoms with Crippen LogP contribution in [0.15, 0.2) is 67.0 Å². The van der Waals surface area contributed by atoms with Crippen LogP contribution in [0.1, 0.15) is 66.6 Å². The number of ether oxygens (including phenoxy) is 2. The van der Waals surface area contributed by atoms with Crippen molar-refractivity contribution in [1.29, 1.82) is 0 Å². The van der Waals surface area contributed by atoms with E-state index in [1.807, 2.05) is 0 Å². The molecule has 0 radical (unpaired) electrons. The first kappa shape index (κ1) is 29.9. The van der Waals surface area contributed by atoms with Crippen LogP contribution in [0.3, 0.4) is 0 Å². The van der Waals surface area contributed by atoms with Crippen molar-refractivity contribution in [3.63, 3.8) is 0 Å². The van der Waals surface area contributed by atoms with Crippen LogP contribution >= 0.6 is 0 Å². The van der Waals surface area contributed by atoms with Gasteiger partial charge in [-0.05, 0) is 75.8 Å². The second-order valence-corrected chi connectivity index (χ2v) is 11.2. The number of benzene rings is 2. The van der Waals surface area contributed by atoms with Gasteiger partial charge in [0.1, 0.15) is 11.4 Å². The van der Waals surface area contributed by atoms with Crippen molar-refractivity contribution in [2.24, 2.45) is 0 Å². The molecule has 0 spiro atoms. The van der Waals surface area contributed by atoms with Crippen LogP contribution in [0, 0.1) is 6.92 Å². The number of hydrogen-bond acceptors (Lipinski definition) is 5. The summed E-state index contributed by atoms with van der Waals surface area (Å²) in [5.41, 5.74) is 2.88. The molecule has 7 nitrogen and oxygen atoms in total. The van der Waals surface area contributed by atoms with E-state index in [1.165, 1.54) is 52.7 Å². The summed E-state index contributed by atoms with van der Waals surface area (Å²) in [6.45, 7) is 8.43. The van der Waals surface area contributed by atoms with Crippen molar-refractivity contribution in [3.05, 3.63) is 89.2 Å². The largest absolute Gasteiger partial charge is 0.573 e. The first-order valence-corrected chi connectivity index (χ1v) is 13.4. The van der Waals surface area contributed by atoms with Gasteiger partial charge in [0.05, 0.1) is 24.0 Å². The van der Waals surface area contributed by atoms with Crippen LogP contribution in [0.5, 0.6) is 5.75 Å².